The zero-order valence-corrected chi connectivity index (χ0v) is 16.2. The maximum atomic E-state index is 11.3. The summed E-state index contributed by atoms with van der Waals surface area (Å²) < 4.78 is 5.15. The third-order valence-electron chi connectivity index (χ3n) is 4.64. The average molecular weight is 325 g/mol. The van der Waals surface area contributed by atoms with Gasteiger partial charge in [0.15, 0.2) is 0 Å². The Morgan fingerprint density at radius 1 is 0.870 bits per heavy atom. The first-order chi connectivity index (χ1) is 11.0. The number of ether oxygens (including phenoxy) is 1. The van der Waals surface area contributed by atoms with Crippen molar-refractivity contribution < 1.29 is 9.53 Å². The molecule has 0 saturated carbocycles. The standard InChI is InChI=1S/C21H40O2/c1-6-7-10-13-19(4)14-11-8-9-12-15-20(5)16-17-23-21(22)18(2)3/h19-20H,2,6-17H2,1,3-5H3. The summed E-state index contributed by atoms with van der Waals surface area (Å²) in [5, 5.41) is 0. The van der Waals surface area contributed by atoms with Crippen LogP contribution < -0.4 is 0 Å². The summed E-state index contributed by atoms with van der Waals surface area (Å²) in [5.41, 5.74) is 0.488. The van der Waals surface area contributed by atoms with Crippen LogP contribution in [0, 0.1) is 11.8 Å². The highest BCUT2D eigenvalue weighted by atomic mass is 16.5. The van der Waals surface area contributed by atoms with Crippen LogP contribution in [0.5, 0.6) is 0 Å². The zero-order chi connectivity index (χ0) is 17.5. The first kappa shape index (κ1) is 22.2. The molecule has 0 N–H and O–H groups in total. The fourth-order valence-electron chi connectivity index (χ4n) is 2.85. The Balaban J connectivity index is 3.40. The van der Waals surface area contributed by atoms with Gasteiger partial charge in [0.1, 0.15) is 0 Å². The molecule has 0 aliphatic carbocycles. The molecular weight excluding hydrogens is 284 g/mol. The summed E-state index contributed by atoms with van der Waals surface area (Å²) in [5.74, 6) is 1.29. The topological polar surface area (TPSA) is 26.3 Å². The minimum atomic E-state index is -0.259. The van der Waals surface area contributed by atoms with E-state index in [1.54, 1.807) is 6.92 Å². The third-order valence-corrected chi connectivity index (χ3v) is 4.64. The van der Waals surface area contributed by atoms with E-state index >= 15 is 0 Å². The van der Waals surface area contributed by atoms with Crippen molar-refractivity contribution in [3.63, 3.8) is 0 Å². The van der Waals surface area contributed by atoms with Crippen LogP contribution in [0.15, 0.2) is 12.2 Å². The minimum Gasteiger partial charge on any atom is -0.462 e. The Kier molecular flexibility index (Phi) is 14.3. The van der Waals surface area contributed by atoms with Gasteiger partial charge in [0, 0.05) is 5.57 Å². The van der Waals surface area contributed by atoms with Gasteiger partial charge in [0.05, 0.1) is 6.61 Å². The van der Waals surface area contributed by atoms with E-state index in [2.05, 4.69) is 27.4 Å². The van der Waals surface area contributed by atoms with Crippen LogP contribution in [0.1, 0.15) is 98.3 Å². The fourth-order valence-corrected chi connectivity index (χ4v) is 2.85. The first-order valence-electron chi connectivity index (χ1n) is 9.80. The van der Waals surface area contributed by atoms with Crippen molar-refractivity contribution in [2.24, 2.45) is 11.8 Å². The molecule has 0 aromatic heterocycles. The molecule has 0 rings (SSSR count). The van der Waals surface area contributed by atoms with E-state index in [1.165, 1.54) is 64.2 Å². The van der Waals surface area contributed by atoms with Gasteiger partial charge >= 0.3 is 5.97 Å². The number of carbonyl (C=O) groups excluding carboxylic acids is 1. The molecule has 0 aliphatic rings. The maximum Gasteiger partial charge on any atom is 0.333 e. The summed E-state index contributed by atoms with van der Waals surface area (Å²) in [7, 11) is 0. The third kappa shape index (κ3) is 14.5. The van der Waals surface area contributed by atoms with Gasteiger partial charge < -0.3 is 4.74 Å². The van der Waals surface area contributed by atoms with Crippen LogP contribution in [0.25, 0.3) is 0 Å². The molecule has 136 valence electrons. The first-order valence-corrected chi connectivity index (χ1v) is 9.80. The van der Waals surface area contributed by atoms with E-state index in [0.29, 0.717) is 18.1 Å². The monoisotopic (exact) mass is 324 g/mol. The molecule has 2 atom stereocenters. The van der Waals surface area contributed by atoms with E-state index in [-0.39, 0.29) is 5.97 Å². The van der Waals surface area contributed by atoms with Crippen LogP contribution in [0.3, 0.4) is 0 Å². The Bertz CT molecular complexity index is 309. The molecule has 23 heavy (non-hydrogen) atoms. The van der Waals surface area contributed by atoms with Crippen LogP contribution in [0.4, 0.5) is 0 Å². The highest BCUT2D eigenvalue weighted by Gasteiger charge is 2.06. The maximum absolute atomic E-state index is 11.3. The number of carbonyl (C=O) groups is 1. The summed E-state index contributed by atoms with van der Waals surface area (Å²) in [4.78, 5) is 11.3. The van der Waals surface area contributed by atoms with Gasteiger partial charge in [0.2, 0.25) is 0 Å². The van der Waals surface area contributed by atoms with Gasteiger partial charge in [-0.15, -0.1) is 0 Å². The Morgan fingerprint density at radius 2 is 1.35 bits per heavy atom. The van der Waals surface area contributed by atoms with Crippen molar-refractivity contribution in [2.45, 2.75) is 98.3 Å². The zero-order valence-electron chi connectivity index (χ0n) is 16.2. The molecule has 0 bridgehead atoms. The number of hydrogen-bond acceptors (Lipinski definition) is 2. The fraction of sp³-hybridized carbons (Fsp3) is 0.857. The number of unbranched alkanes of at least 4 members (excludes halogenated alkanes) is 5. The molecule has 0 aliphatic heterocycles. The lowest BCUT2D eigenvalue weighted by molar-refractivity contribution is -0.139. The summed E-state index contributed by atoms with van der Waals surface area (Å²) in [6, 6.07) is 0. The molecule has 0 heterocycles. The Hall–Kier alpha value is -0.790. The molecule has 2 unspecified atom stereocenters. The van der Waals surface area contributed by atoms with Crippen LogP contribution in [-0.2, 0) is 9.53 Å². The van der Waals surface area contributed by atoms with Crippen molar-refractivity contribution in [2.75, 3.05) is 6.61 Å². The molecule has 2 nitrogen and oxygen atoms in total. The molecule has 0 aromatic rings. The second-order valence-corrected chi connectivity index (χ2v) is 7.40. The van der Waals surface area contributed by atoms with E-state index in [1.807, 2.05) is 0 Å². The van der Waals surface area contributed by atoms with Gasteiger partial charge in [-0.1, -0.05) is 91.6 Å². The number of hydrogen-bond donors (Lipinski definition) is 0. The van der Waals surface area contributed by atoms with E-state index in [9.17, 15) is 4.79 Å². The molecule has 2 heteroatoms. The molecule has 0 fully saturated rings. The van der Waals surface area contributed by atoms with Gasteiger partial charge in [0.25, 0.3) is 0 Å². The summed E-state index contributed by atoms with van der Waals surface area (Å²) >= 11 is 0. The lowest BCUT2D eigenvalue weighted by Gasteiger charge is -2.12. The predicted octanol–water partition coefficient (Wildman–Crippen LogP) is 6.69. The SMILES string of the molecule is C=C(C)C(=O)OCCC(C)CCCCCCC(C)CCCCC. The van der Waals surface area contributed by atoms with E-state index < -0.39 is 0 Å². The van der Waals surface area contributed by atoms with Crippen molar-refractivity contribution in [1.29, 1.82) is 0 Å². The second kappa shape index (κ2) is 14.8. The lowest BCUT2D eigenvalue weighted by atomic mass is 9.95. The van der Waals surface area contributed by atoms with Crippen molar-refractivity contribution >= 4 is 5.97 Å². The summed E-state index contributed by atoms with van der Waals surface area (Å²) in [6.07, 6.45) is 14.6. The van der Waals surface area contributed by atoms with E-state index in [4.69, 9.17) is 4.74 Å². The molecule has 0 radical (unpaired) electrons. The van der Waals surface area contributed by atoms with Gasteiger partial charge in [-0.25, -0.2) is 4.79 Å². The van der Waals surface area contributed by atoms with Crippen LogP contribution in [-0.4, -0.2) is 12.6 Å². The molecule has 0 saturated heterocycles. The Morgan fingerprint density at radius 3 is 1.83 bits per heavy atom. The second-order valence-electron chi connectivity index (χ2n) is 7.40. The molecule has 0 amide bonds. The van der Waals surface area contributed by atoms with Crippen molar-refractivity contribution in [1.82, 2.24) is 0 Å². The molecule has 0 spiro atoms. The summed E-state index contributed by atoms with van der Waals surface area (Å²) in [6.45, 7) is 12.7. The van der Waals surface area contributed by atoms with Gasteiger partial charge in [-0.2, -0.15) is 0 Å². The number of rotatable bonds is 15. The van der Waals surface area contributed by atoms with Gasteiger partial charge in [-0.3, -0.25) is 0 Å². The van der Waals surface area contributed by atoms with E-state index in [0.717, 1.165) is 12.3 Å². The van der Waals surface area contributed by atoms with Crippen LogP contribution >= 0.6 is 0 Å². The van der Waals surface area contributed by atoms with Crippen molar-refractivity contribution in [3.05, 3.63) is 12.2 Å². The average Bonchev–Trinajstić information content (AvgIpc) is 2.50. The van der Waals surface area contributed by atoms with Crippen molar-refractivity contribution in [3.8, 4) is 0 Å². The largest absolute Gasteiger partial charge is 0.462 e. The normalized spacial score (nSPS) is 13.6. The Labute approximate surface area is 145 Å². The quantitative estimate of drug-likeness (QED) is 0.190. The predicted molar refractivity (Wildman–Crippen MR) is 101 cm³/mol. The highest BCUT2D eigenvalue weighted by Crippen LogP contribution is 2.19. The van der Waals surface area contributed by atoms with Gasteiger partial charge in [-0.05, 0) is 25.2 Å². The molecular formula is C21H40O2. The highest BCUT2D eigenvalue weighted by molar-refractivity contribution is 5.86. The van der Waals surface area contributed by atoms with Crippen LogP contribution in [0.2, 0.25) is 0 Å². The lowest BCUT2D eigenvalue weighted by Crippen LogP contribution is -2.09. The number of esters is 1. The smallest absolute Gasteiger partial charge is 0.333 e. The minimum absolute atomic E-state index is 0.259. The molecule has 0 aromatic carbocycles.